The lowest BCUT2D eigenvalue weighted by Crippen LogP contribution is -2.20. The van der Waals surface area contributed by atoms with Crippen LogP contribution in [-0.4, -0.2) is 22.4 Å². The first-order valence-electron chi connectivity index (χ1n) is 4.44. The molecule has 0 aromatic carbocycles. The lowest BCUT2D eigenvalue weighted by molar-refractivity contribution is -0.276. The summed E-state index contributed by atoms with van der Waals surface area (Å²) < 4.78 is 64.7. The van der Waals surface area contributed by atoms with Gasteiger partial charge in [-0.15, -0.1) is 13.2 Å². The Labute approximate surface area is 97.0 Å². The molecule has 4 nitrogen and oxygen atoms in total. The molecule has 0 bridgehead atoms. The maximum Gasteiger partial charge on any atom is 0.574 e. The number of carboxylic acids is 1. The highest BCUT2D eigenvalue weighted by Gasteiger charge is 2.34. The third-order valence-corrected chi connectivity index (χ3v) is 1.83. The third kappa shape index (κ3) is 3.82. The van der Waals surface area contributed by atoms with Crippen molar-refractivity contribution in [2.45, 2.75) is 19.5 Å². The van der Waals surface area contributed by atoms with E-state index in [0.29, 0.717) is 6.07 Å². The number of rotatable bonds is 4. The largest absolute Gasteiger partial charge is 0.574 e. The van der Waals surface area contributed by atoms with Crippen molar-refractivity contribution in [2.24, 2.45) is 0 Å². The number of alkyl halides is 4. The van der Waals surface area contributed by atoms with Crippen molar-refractivity contribution < 1.29 is 36.6 Å². The second-order valence-corrected chi connectivity index (χ2v) is 3.14. The highest BCUT2D eigenvalue weighted by Crippen LogP contribution is 2.28. The second-order valence-electron chi connectivity index (χ2n) is 3.14. The van der Waals surface area contributed by atoms with Gasteiger partial charge in [-0.2, -0.15) is 9.37 Å². The summed E-state index contributed by atoms with van der Waals surface area (Å²) in [6.45, 7) is -1.34. The normalized spacial score (nSPS) is 11.4. The predicted octanol–water partition coefficient (Wildman–Crippen LogP) is 2.22. The first-order valence-corrected chi connectivity index (χ1v) is 4.44. The minimum atomic E-state index is -5.18. The van der Waals surface area contributed by atoms with Gasteiger partial charge in [-0.25, -0.2) is 4.39 Å². The topological polar surface area (TPSA) is 59.4 Å². The Morgan fingerprint density at radius 3 is 2.50 bits per heavy atom. The second kappa shape index (κ2) is 5.15. The average Bonchev–Trinajstić information content (AvgIpc) is 2.18. The van der Waals surface area contributed by atoms with E-state index in [9.17, 15) is 26.7 Å². The van der Waals surface area contributed by atoms with Gasteiger partial charge in [0.05, 0.1) is 6.42 Å². The van der Waals surface area contributed by atoms with Gasteiger partial charge in [-0.1, -0.05) is 0 Å². The van der Waals surface area contributed by atoms with Crippen LogP contribution in [-0.2, 0) is 17.9 Å². The Kier molecular flexibility index (Phi) is 4.04. The van der Waals surface area contributed by atoms with Crippen molar-refractivity contribution >= 4 is 5.97 Å². The standard InChI is InChI=1S/C9H6F5NO3/c10-3-4-1-6(11)15-8(18-9(12,13)14)5(4)2-7(16)17/h1H,2-3H2,(H,16,17). The minimum Gasteiger partial charge on any atom is -0.481 e. The molecule has 1 heterocycles. The van der Waals surface area contributed by atoms with Gasteiger partial charge in [0.1, 0.15) is 6.67 Å². The molecule has 1 aromatic heterocycles. The van der Waals surface area contributed by atoms with E-state index in [4.69, 9.17) is 5.11 Å². The van der Waals surface area contributed by atoms with E-state index in [1.165, 1.54) is 0 Å². The fourth-order valence-electron chi connectivity index (χ4n) is 1.22. The molecule has 0 unspecified atom stereocenters. The number of hydrogen-bond acceptors (Lipinski definition) is 3. The molecule has 0 saturated carbocycles. The molecule has 0 atom stereocenters. The van der Waals surface area contributed by atoms with E-state index in [1.54, 1.807) is 0 Å². The number of ether oxygens (including phenoxy) is 1. The summed E-state index contributed by atoms with van der Waals surface area (Å²) >= 11 is 0. The van der Waals surface area contributed by atoms with Gasteiger partial charge in [0.25, 0.3) is 0 Å². The molecule has 0 aliphatic carbocycles. The molecule has 0 fully saturated rings. The average molecular weight is 271 g/mol. The number of aromatic nitrogens is 1. The van der Waals surface area contributed by atoms with Gasteiger partial charge in [-0.3, -0.25) is 4.79 Å². The van der Waals surface area contributed by atoms with Crippen LogP contribution in [0.4, 0.5) is 22.0 Å². The van der Waals surface area contributed by atoms with E-state index in [-0.39, 0.29) is 0 Å². The fraction of sp³-hybridized carbons (Fsp3) is 0.333. The van der Waals surface area contributed by atoms with E-state index in [2.05, 4.69) is 9.72 Å². The van der Waals surface area contributed by atoms with E-state index in [1.807, 2.05) is 0 Å². The molecule has 0 saturated heterocycles. The molecule has 1 aromatic rings. The summed E-state index contributed by atoms with van der Waals surface area (Å²) in [5.74, 6) is -4.21. The summed E-state index contributed by atoms with van der Waals surface area (Å²) in [5, 5.41) is 8.50. The van der Waals surface area contributed by atoms with Crippen molar-refractivity contribution in [1.29, 1.82) is 0 Å². The number of halogens is 5. The molecule has 1 N–H and O–H groups in total. The highest BCUT2D eigenvalue weighted by atomic mass is 19.4. The van der Waals surface area contributed by atoms with E-state index >= 15 is 0 Å². The molecule has 0 spiro atoms. The number of carbonyl (C=O) groups is 1. The Morgan fingerprint density at radius 2 is 2.06 bits per heavy atom. The van der Waals surface area contributed by atoms with Gasteiger partial charge in [0, 0.05) is 5.56 Å². The van der Waals surface area contributed by atoms with Gasteiger partial charge < -0.3 is 9.84 Å². The Morgan fingerprint density at radius 1 is 1.44 bits per heavy atom. The summed E-state index contributed by atoms with van der Waals surface area (Å²) in [6, 6.07) is 0.515. The molecule has 9 heteroatoms. The molecular weight excluding hydrogens is 265 g/mol. The molecule has 1 rings (SSSR count). The van der Waals surface area contributed by atoms with Crippen LogP contribution in [0.3, 0.4) is 0 Å². The smallest absolute Gasteiger partial charge is 0.481 e. The SMILES string of the molecule is O=C(O)Cc1c(CF)cc(F)nc1OC(F)(F)F. The van der Waals surface area contributed by atoms with Crippen molar-refractivity contribution in [3.63, 3.8) is 0 Å². The summed E-state index contributed by atoms with van der Waals surface area (Å²) in [7, 11) is 0. The predicted molar refractivity (Wildman–Crippen MR) is 47.0 cm³/mol. The number of pyridine rings is 1. The number of carboxylic acid groups (broad SMARTS) is 1. The van der Waals surface area contributed by atoms with Gasteiger partial charge >= 0.3 is 12.3 Å². The zero-order valence-electron chi connectivity index (χ0n) is 8.59. The van der Waals surface area contributed by atoms with Crippen molar-refractivity contribution in [3.8, 4) is 5.88 Å². The van der Waals surface area contributed by atoms with Crippen molar-refractivity contribution in [3.05, 3.63) is 23.1 Å². The molecule has 0 amide bonds. The zero-order valence-corrected chi connectivity index (χ0v) is 8.59. The van der Waals surface area contributed by atoms with Gasteiger partial charge in [-0.05, 0) is 11.6 Å². The molecule has 100 valence electrons. The first-order chi connectivity index (χ1) is 8.23. The lowest BCUT2D eigenvalue weighted by Gasteiger charge is -2.13. The van der Waals surface area contributed by atoms with E-state index < -0.39 is 48.4 Å². The maximum absolute atomic E-state index is 12.8. The molecular formula is C9H6F5NO3. The first kappa shape index (κ1) is 14.1. The minimum absolute atomic E-state index is 0.515. The van der Waals surface area contributed by atoms with Crippen LogP contribution in [0.1, 0.15) is 11.1 Å². The van der Waals surface area contributed by atoms with Crippen LogP contribution in [0.5, 0.6) is 5.88 Å². The molecule has 0 radical (unpaired) electrons. The van der Waals surface area contributed by atoms with Crippen LogP contribution < -0.4 is 4.74 Å². The van der Waals surface area contributed by atoms with E-state index in [0.717, 1.165) is 0 Å². The maximum atomic E-state index is 12.8. The highest BCUT2D eigenvalue weighted by molar-refractivity contribution is 5.71. The third-order valence-electron chi connectivity index (χ3n) is 1.83. The monoisotopic (exact) mass is 271 g/mol. The summed E-state index contributed by atoms with van der Waals surface area (Å²) in [4.78, 5) is 13.2. The Hall–Kier alpha value is -1.93. The van der Waals surface area contributed by atoms with Crippen molar-refractivity contribution in [1.82, 2.24) is 4.98 Å². The summed E-state index contributed by atoms with van der Waals surface area (Å²) in [6.07, 6.45) is -6.14. The van der Waals surface area contributed by atoms with Crippen LogP contribution in [0.2, 0.25) is 0 Å². The number of hydrogen-bond donors (Lipinski definition) is 1. The molecule has 0 aliphatic rings. The van der Waals surface area contributed by atoms with Crippen LogP contribution in [0.15, 0.2) is 6.07 Å². The number of aliphatic carboxylic acids is 1. The zero-order chi connectivity index (χ0) is 13.9. The quantitative estimate of drug-likeness (QED) is 0.673. The van der Waals surface area contributed by atoms with Crippen molar-refractivity contribution in [2.75, 3.05) is 0 Å². The fourth-order valence-corrected chi connectivity index (χ4v) is 1.22. The van der Waals surface area contributed by atoms with Gasteiger partial charge in [0.15, 0.2) is 0 Å². The lowest BCUT2D eigenvalue weighted by atomic mass is 10.1. The number of nitrogens with zero attached hydrogens (tertiary/aromatic N) is 1. The van der Waals surface area contributed by atoms with Crippen LogP contribution in [0, 0.1) is 5.95 Å². The Bertz CT molecular complexity index is 460. The van der Waals surface area contributed by atoms with Crippen LogP contribution in [0.25, 0.3) is 0 Å². The molecule has 18 heavy (non-hydrogen) atoms. The summed E-state index contributed by atoms with van der Waals surface area (Å²) in [5.41, 5.74) is -1.20. The van der Waals surface area contributed by atoms with Gasteiger partial charge in [0.2, 0.25) is 11.8 Å². The molecule has 0 aliphatic heterocycles. The Balaban J connectivity index is 3.27. The van der Waals surface area contributed by atoms with Crippen LogP contribution >= 0.6 is 0 Å².